The highest BCUT2D eigenvalue weighted by molar-refractivity contribution is 4.92. The van der Waals surface area contributed by atoms with Crippen molar-refractivity contribution in [1.82, 2.24) is 4.90 Å². The zero-order valence-corrected chi connectivity index (χ0v) is 12.1. The third-order valence-corrected chi connectivity index (χ3v) is 3.97. The lowest BCUT2D eigenvalue weighted by Crippen LogP contribution is -2.58. The van der Waals surface area contributed by atoms with Crippen LogP contribution in [0.1, 0.15) is 41.0 Å². The van der Waals surface area contributed by atoms with E-state index in [1.165, 1.54) is 6.42 Å². The summed E-state index contributed by atoms with van der Waals surface area (Å²) in [6.07, 6.45) is 1.29. The fourth-order valence-electron chi connectivity index (χ4n) is 3.02. The van der Waals surface area contributed by atoms with Crippen LogP contribution in [0, 0.1) is 17.3 Å². The number of aliphatic hydroxyl groups excluding tert-OH is 1. The summed E-state index contributed by atoms with van der Waals surface area (Å²) in [7, 11) is 0. The number of rotatable bonds is 3. The molecule has 0 aromatic rings. The van der Waals surface area contributed by atoms with Crippen LogP contribution in [0.2, 0.25) is 0 Å². The lowest BCUT2D eigenvalue weighted by molar-refractivity contribution is 0.0271. The number of piperidine rings is 1. The summed E-state index contributed by atoms with van der Waals surface area (Å²) in [5.74, 6) is 1.42. The number of aliphatic hydroxyl groups is 1. The maximum Gasteiger partial charge on any atom is 0.0602 e. The predicted octanol–water partition coefficient (Wildman–Crippen LogP) is 1.70. The highest BCUT2D eigenvalue weighted by Gasteiger charge is 2.35. The molecule has 0 radical (unpaired) electrons. The summed E-state index contributed by atoms with van der Waals surface area (Å²) in [6.45, 7) is 13.3. The molecule has 1 rings (SSSR count). The van der Waals surface area contributed by atoms with E-state index in [2.05, 4.69) is 39.5 Å². The van der Waals surface area contributed by atoms with E-state index in [-0.39, 0.29) is 24.1 Å². The van der Waals surface area contributed by atoms with E-state index in [1.807, 2.05) is 0 Å². The molecule has 0 saturated carbocycles. The molecule has 1 aliphatic rings. The third-order valence-electron chi connectivity index (χ3n) is 3.97. The summed E-state index contributed by atoms with van der Waals surface area (Å²) in [6, 6.07) is 0.116. The van der Waals surface area contributed by atoms with Gasteiger partial charge in [-0.1, -0.05) is 34.6 Å². The summed E-state index contributed by atoms with van der Waals surface area (Å²) >= 11 is 0. The molecular weight excluding hydrogens is 212 g/mol. The van der Waals surface area contributed by atoms with E-state index in [0.29, 0.717) is 11.8 Å². The van der Waals surface area contributed by atoms with Gasteiger partial charge in [0.05, 0.1) is 6.61 Å². The van der Waals surface area contributed by atoms with E-state index >= 15 is 0 Å². The van der Waals surface area contributed by atoms with Gasteiger partial charge in [0.1, 0.15) is 0 Å². The smallest absolute Gasteiger partial charge is 0.0602 e. The Balaban J connectivity index is 2.73. The molecule has 4 atom stereocenters. The minimum Gasteiger partial charge on any atom is -0.395 e. The molecule has 0 spiro atoms. The Kier molecular flexibility index (Phi) is 4.99. The fraction of sp³-hybridized carbons (Fsp3) is 1.00. The second kappa shape index (κ2) is 5.68. The van der Waals surface area contributed by atoms with Crippen molar-refractivity contribution in [3.63, 3.8) is 0 Å². The molecule has 3 nitrogen and oxygen atoms in total. The van der Waals surface area contributed by atoms with E-state index < -0.39 is 0 Å². The minimum absolute atomic E-state index is 0.0185. The third kappa shape index (κ3) is 3.94. The van der Waals surface area contributed by atoms with Gasteiger partial charge in [-0.15, -0.1) is 0 Å². The molecule has 1 aliphatic heterocycles. The van der Waals surface area contributed by atoms with Crippen molar-refractivity contribution in [3.8, 4) is 0 Å². The maximum atomic E-state index is 9.66. The van der Waals surface area contributed by atoms with Gasteiger partial charge in [0, 0.05) is 25.2 Å². The van der Waals surface area contributed by atoms with E-state index in [9.17, 15) is 5.11 Å². The van der Waals surface area contributed by atoms with Crippen LogP contribution < -0.4 is 5.73 Å². The molecule has 0 aromatic heterocycles. The Hall–Kier alpha value is -0.120. The molecule has 0 aromatic carbocycles. The van der Waals surface area contributed by atoms with Crippen LogP contribution in [-0.4, -0.2) is 41.8 Å². The number of hydrogen-bond donors (Lipinski definition) is 2. The van der Waals surface area contributed by atoms with Crippen molar-refractivity contribution >= 4 is 0 Å². The second-order valence-corrected chi connectivity index (χ2v) is 7.04. The quantitative estimate of drug-likeness (QED) is 0.792. The zero-order valence-electron chi connectivity index (χ0n) is 12.1. The maximum absolute atomic E-state index is 9.66. The Morgan fingerprint density at radius 3 is 2.06 bits per heavy atom. The molecular formula is C14H30N2O. The van der Waals surface area contributed by atoms with Crippen molar-refractivity contribution in [1.29, 1.82) is 0 Å². The topological polar surface area (TPSA) is 49.5 Å². The van der Waals surface area contributed by atoms with Gasteiger partial charge in [-0.3, -0.25) is 4.90 Å². The first-order valence-electron chi connectivity index (χ1n) is 6.86. The summed E-state index contributed by atoms with van der Waals surface area (Å²) in [5, 5.41) is 9.66. The number of likely N-dealkylation sites (tertiary alicyclic amines) is 1. The van der Waals surface area contributed by atoms with Crippen molar-refractivity contribution in [2.75, 3.05) is 19.7 Å². The van der Waals surface area contributed by atoms with Crippen LogP contribution in [0.3, 0.4) is 0 Å². The summed E-state index contributed by atoms with van der Waals surface area (Å²) in [4.78, 5) is 2.40. The highest BCUT2D eigenvalue weighted by Crippen LogP contribution is 2.27. The Morgan fingerprint density at radius 1 is 1.24 bits per heavy atom. The van der Waals surface area contributed by atoms with Crippen molar-refractivity contribution in [3.05, 3.63) is 0 Å². The van der Waals surface area contributed by atoms with Gasteiger partial charge in [0.2, 0.25) is 0 Å². The van der Waals surface area contributed by atoms with Crippen molar-refractivity contribution in [2.24, 2.45) is 23.0 Å². The van der Waals surface area contributed by atoms with E-state index in [1.54, 1.807) is 0 Å². The molecule has 1 saturated heterocycles. The lowest BCUT2D eigenvalue weighted by Gasteiger charge is -2.44. The van der Waals surface area contributed by atoms with Crippen LogP contribution >= 0.6 is 0 Å². The monoisotopic (exact) mass is 242 g/mol. The Bertz CT molecular complexity index is 227. The molecule has 3 N–H and O–H groups in total. The average molecular weight is 242 g/mol. The van der Waals surface area contributed by atoms with Crippen LogP contribution in [0.15, 0.2) is 0 Å². The van der Waals surface area contributed by atoms with Gasteiger partial charge in [0.15, 0.2) is 0 Å². The Morgan fingerprint density at radius 2 is 1.71 bits per heavy atom. The Labute approximate surface area is 106 Å². The SMILES string of the molecule is CC1CC(C)CN(C(CO)C(N)C(C)(C)C)C1. The molecule has 3 heteroatoms. The van der Waals surface area contributed by atoms with Crippen LogP contribution in [-0.2, 0) is 0 Å². The molecule has 1 fully saturated rings. The van der Waals surface area contributed by atoms with Crippen molar-refractivity contribution in [2.45, 2.75) is 53.1 Å². The minimum atomic E-state index is 0.0185. The molecule has 102 valence electrons. The predicted molar refractivity (Wildman–Crippen MR) is 72.8 cm³/mol. The normalized spacial score (nSPS) is 31.2. The first-order valence-corrected chi connectivity index (χ1v) is 6.86. The molecule has 0 amide bonds. The van der Waals surface area contributed by atoms with E-state index in [0.717, 1.165) is 13.1 Å². The number of hydrogen-bond acceptors (Lipinski definition) is 3. The van der Waals surface area contributed by atoms with Crippen LogP contribution in [0.4, 0.5) is 0 Å². The molecule has 1 heterocycles. The summed E-state index contributed by atoms with van der Waals surface area (Å²) in [5.41, 5.74) is 6.36. The first kappa shape index (κ1) is 14.9. The number of nitrogens with two attached hydrogens (primary N) is 1. The largest absolute Gasteiger partial charge is 0.395 e. The lowest BCUT2D eigenvalue weighted by atomic mass is 9.81. The standard InChI is InChI=1S/C14H30N2O/c1-10-6-11(2)8-16(7-10)12(9-17)13(15)14(3,4)5/h10-13,17H,6-9,15H2,1-5H3. The van der Waals surface area contributed by atoms with E-state index in [4.69, 9.17) is 5.73 Å². The fourth-order valence-corrected chi connectivity index (χ4v) is 3.02. The second-order valence-electron chi connectivity index (χ2n) is 7.04. The van der Waals surface area contributed by atoms with Crippen LogP contribution in [0.25, 0.3) is 0 Å². The average Bonchev–Trinajstić information content (AvgIpc) is 2.15. The van der Waals surface area contributed by atoms with Gasteiger partial charge in [0.25, 0.3) is 0 Å². The summed E-state index contributed by atoms with van der Waals surface area (Å²) < 4.78 is 0. The van der Waals surface area contributed by atoms with Gasteiger partial charge >= 0.3 is 0 Å². The van der Waals surface area contributed by atoms with Gasteiger partial charge < -0.3 is 10.8 Å². The first-order chi connectivity index (χ1) is 7.75. The molecule has 4 unspecified atom stereocenters. The molecule has 0 aliphatic carbocycles. The van der Waals surface area contributed by atoms with Gasteiger partial charge in [-0.05, 0) is 23.7 Å². The molecule has 0 bridgehead atoms. The van der Waals surface area contributed by atoms with Gasteiger partial charge in [-0.25, -0.2) is 0 Å². The van der Waals surface area contributed by atoms with Gasteiger partial charge in [-0.2, -0.15) is 0 Å². The number of nitrogens with zero attached hydrogens (tertiary/aromatic N) is 1. The zero-order chi connectivity index (χ0) is 13.2. The van der Waals surface area contributed by atoms with Crippen LogP contribution in [0.5, 0.6) is 0 Å². The highest BCUT2D eigenvalue weighted by atomic mass is 16.3. The van der Waals surface area contributed by atoms with Crippen molar-refractivity contribution < 1.29 is 5.11 Å². The molecule has 17 heavy (non-hydrogen) atoms.